The zero-order valence-electron chi connectivity index (χ0n) is 28.1. The van der Waals surface area contributed by atoms with Gasteiger partial charge in [-0.25, -0.2) is 9.59 Å². The van der Waals surface area contributed by atoms with Crippen LogP contribution >= 0.6 is 0 Å². The molecule has 5 aliphatic heterocycles. The maximum absolute atomic E-state index is 14.1. The molecule has 5 heterocycles. The van der Waals surface area contributed by atoms with Crippen molar-refractivity contribution in [2.75, 3.05) is 71.4 Å². The van der Waals surface area contributed by atoms with E-state index in [0.717, 1.165) is 55.1 Å². The Balaban J connectivity index is 0.983. The van der Waals surface area contributed by atoms with Gasteiger partial charge in [-0.2, -0.15) is 0 Å². The molecule has 1 atom stereocenters. The van der Waals surface area contributed by atoms with Crippen molar-refractivity contribution >= 4 is 23.7 Å². The summed E-state index contributed by atoms with van der Waals surface area (Å²) >= 11 is 0. The van der Waals surface area contributed by atoms with E-state index in [1.165, 1.54) is 12.8 Å². The lowest BCUT2D eigenvalue weighted by molar-refractivity contribution is -0.142. The van der Waals surface area contributed by atoms with Gasteiger partial charge in [0.2, 0.25) is 0 Å². The predicted molar refractivity (Wildman–Crippen MR) is 181 cm³/mol. The molecule has 5 aliphatic rings. The molecule has 3 fully saturated rings. The van der Waals surface area contributed by atoms with E-state index in [-0.39, 0.29) is 24.4 Å². The maximum Gasteiger partial charge on any atom is 0.410 e. The van der Waals surface area contributed by atoms with Crippen molar-refractivity contribution in [3.63, 3.8) is 0 Å². The van der Waals surface area contributed by atoms with Crippen LogP contribution in [0, 0.1) is 11.8 Å². The summed E-state index contributed by atoms with van der Waals surface area (Å²) in [6.07, 6.45) is 5.40. The van der Waals surface area contributed by atoms with Crippen LogP contribution in [-0.2, 0) is 22.4 Å². The Hall–Kier alpha value is -3.99. The van der Waals surface area contributed by atoms with Crippen LogP contribution in [0.3, 0.4) is 0 Å². The number of nitrogens with zero attached hydrogens (tertiary/aromatic N) is 4. The second kappa shape index (κ2) is 14.6. The third-order valence-corrected chi connectivity index (χ3v) is 11.1. The summed E-state index contributed by atoms with van der Waals surface area (Å²) in [7, 11) is 2.19. The number of ether oxygens (including phenoxy) is 3. The van der Waals surface area contributed by atoms with Gasteiger partial charge >= 0.3 is 12.1 Å². The minimum absolute atomic E-state index is 0.0318. The highest BCUT2D eigenvalue weighted by Crippen LogP contribution is 2.34. The first-order valence-electron chi connectivity index (χ1n) is 17.9. The Labute approximate surface area is 283 Å². The van der Waals surface area contributed by atoms with Crippen molar-refractivity contribution in [2.45, 2.75) is 63.5 Å². The van der Waals surface area contributed by atoms with Crippen LogP contribution in [0.5, 0.6) is 11.5 Å². The van der Waals surface area contributed by atoms with E-state index in [1.54, 1.807) is 4.90 Å². The molecule has 7 rings (SSSR count). The monoisotopic (exact) mass is 659 g/mol. The average molecular weight is 660 g/mol. The smallest absolute Gasteiger partial charge is 0.410 e. The van der Waals surface area contributed by atoms with E-state index in [1.807, 2.05) is 46.2 Å². The lowest BCUT2D eigenvalue weighted by Gasteiger charge is -2.40. The largest absolute Gasteiger partial charge is 0.486 e. The molecule has 2 aromatic rings. The SMILES string of the molecule is CN1CCC(C2CCN(C(=O)[C@@H](Cc3ccc4c(c3)OCCO4)OC(=O)N3CCC(N4CCc5ccccc5NC4=O)CC3)CC2)CC1. The summed E-state index contributed by atoms with van der Waals surface area (Å²) in [4.78, 5) is 48.7. The van der Waals surface area contributed by atoms with E-state index in [4.69, 9.17) is 14.2 Å². The fourth-order valence-electron chi connectivity index (χ4n) is 8.20. The summed E-state index contributed by atoms with van der Waals surface area (Å²) in [5.74, 6) is 2.58. The zero-order chi connectivity index (χ0) is 33.0. The van der Waals surface area contributed by atoms with Crippen molar-refractivity contribution in [2.24, 2.45) is 11.8 Å². The van der Waals surface area contributed by atoms with Gasteiger partial charge in [-0.15, -0.1) is 0 Å². The van der Waals surface area contributed by atoms with Gasteiger partial charge in [0.05, 0.1) is 0 Å². The number of urea groups is 1. The molecule has 11 nitrogen and oxygen atoms in total. The van der Waals surface area contributed by atoms with Crippen LogP contribution in [0.1, 0.15) is 49.7 Å². The van der Waals surface area contributed by atoms with Gasteiger partial charge in [-0.05, 0) is 106 Å². The first-order valence-corrected chi connectivity index (χ1v) is 17.9. The van der Waals surface area contributed by atoms with E-state index in [9.17, 15) is 14.4 Å². The molecule has 0 unspecified atom stereocenters. The first-order chi connectivity index (χ1) is 23.4. The molecule has 0 bridgehead atoms. The number of carbonyl (C=O) groups excluding carboxylic acids is 3. The Morgan fingerprint density at radius 3 is 2.25 bits per heavy atom. The zero-order valence-corrected chi connectivity index (χ0v) is 28.1. The van der Waals surface area contributed by atoms with Crippen molar-refractivity contribution in [1.29, 1.82) is 0 Å². The number of fused-ring (bicyclic) bond motifs is 2. The van der Waals surface area contributed by atoms with Crippen LogP contribution in [-0.4, -0.2) is 116 Å². The second-order valence-corrected chi connectivity index (χ2v) is 14.1. The Morgan fingerprint density at radius 2 is 1.50 bits per heavy atom. The molecule has 0 spiro atoms. The van der Waals surface area contributed by atoms with Crippen molar-refractivity contribution < 1.29 is 28.6 Å². The minimum Gasteiger partial charge on any atom is -0.486 e. The maximum atomic E-state index is 14.1. The molecule has 3 saturated heterocycles. The molecule has 0 saturated carbocycles. The molecular weight excluding hydrogens is 610 g/mol. The Kier molecular flexibility index (Phi) is 9.93. The normalized spacial score (nSPS) is 22.0. The van der Waals surface area contributed by atoms with Crippen LogP contribution in [0.25, 0.3) is 0 Å². The molecule has 11 heteroatoms. The van der Waals surface area contributed by atoms with Gasteiger partial charge in [0.1, 0.15) is 13.2 Å². The van der Waals surface area contributed by atoms with Crippen LogP contribution in [0.4, 0.5) is 15.3 Å². The van der Waals surface area contributed by atoms with Crippen molar-refractivity contribution in [1.82, 2.24) is 19.6 Å². The van der Waals surface area contributed by atoms with Crippen LogP contribution in [0.2, 0.25) is 0 Å². The molecule has 0 aliphatic carbocycles. The number of amides is 4. The number of likely N-dealkylation sites (tertiary alicyclic amines) is 3. The van der Waals surface area contributed by atoms with Crippen LogP contribution < -0.4 is 14.8 Å². The summed E-state index contributed by atoms with van der Waals surface area (Å²) < 4.78 is 17.6. The molecule has 4 amide bonds. The number of hydrogen-bond acceptors (Lipinski definition) is 7. The van der Waals surface area contributed by atoms with Crippen LogP contribution in [0.15, 0.2) is 42.5 Å². The van der Waals surface area contributed by atoms with Crippen molar-refractivity contribution in [3.8, 4) is 11.5 Å². The first kappa shape index (κ1) is 32.6. The van der Waals surface area contributed by atoms with Gasteiger partial charge in [0.15, 0.2) is 17.6 Å². The molecule has 258 valence electrons. The lowest BCUT2D eigenvalue weighted by atomic mass is 9.79. The number of anilines is 1. The number of para-hydroxylation sites is 1. The quantitative estimate of drug-likeness (QED) is 0.482. The third-order valence-electron chi connectivity index (χ3n) is 11.1. The van der Waals surface area contributed by atoms with Gasteiger partial charge in [0, 0.05) is 50.9 Å². The second-order valence-electron chi connectivity index (χ2n) is 14.1. The fourth-order valence-corrected chi connectivity index (χ4v) is 8.20. The number of hydrogen-bond donors (Lipinski definition) is 1. The summed E-state index contributed by atoms with van der Waals surface area (Å²) in [5.41, 5.74) is 2.86. The summed E-state index contributed by atoms with van der Waals surface area (Å²) in [6, 6.07) is 13.5. The van der Waals surface area contributed by atoms with Gasteiger partial charge < -0.3 is 39.1 Å². The number of rotatable bonds is 6. The lowest BCUT2D eigenvalue weighted by Crippen LogP contribution is -2.52. The molecule has 48 heavy (non-hydrogen) atoms. The van der Waals surface area contributed by atoms with Gasteiger partial charge in [-0.1, -0.05) is 24.3 Å². The molecule has 0 aromatic heterocycles. The highest BCUT2D eigenvalue weighted by Gasteiger charge is 2.37. The standard InChI is InChI=1S/C37H49N5O6/c1-39-15-8-27(9-16-39)28-10-17-40(18-11-28)35(43)34(25-26-6-7-32-33(24-26)47-23-22-46-32)48-37(45)41-19-13-30(14-20-41)42-21-12-29-4-2-3-5-31(29)38-36(42)44/h2-7,24,27-28,30,34H,8-23,25H2,1H3,(H,38,44)/t34-/m1/s1. The summed E-state index contributed by atoms with van der Waals surface area (Å²) in [6.45, 7) is 6.23. The van der Waals surface area contributed by atoms with Gasteiger partial charge in [0.25, 0.3) is 5.91 Å². The number of carbonyl (C=O) groups is 3. The average Bonchev–Trinajstić information content (AvgIpc) is 3.29. The third kappa shape index (κ3) is 7.36. The molecule has 2 aromatic carbocycles. The fraction of sp³-hybridized carbons (Fsp3) is 0.595. The topological polar surface area (TPSA) is 104 Å². The Bertz CT molecular complexity index is 1460. The highest BCUT2D eigenvalue weighted by molar-refractivity contribution is 5.91. The van der Waals surface area contributed by atoms with E-state index in [0.29, 0.717) is 76.2 Å². The predicted octanol–water partition coefficient (Wildman–Crippen LogP) is 4.64. The van der Waals surface area contributed by atoms with E-state index in [2.05, 4.69) is 23.3 Å². The van der Waals surface area contributed by atoms with Gasteiger partial charge in [-0.3, -0.25) is 4.79 Å². The Morgan fingerprint density at radius 1 is 0.833 bits per heavy atom. The molecule has 0 radical (unpaired) electrons. The van der Waals surface area contributed by atoms with E-state index < -0.39 is 12.2 Å². The minimum atomic E-state index is -0.937. The molecular formula is C37H49N5O6. The number of nitrogens with one attached hydrogen (secondary N) is 1. The number of piperidine rings is 3. The summed E-state index contributed by atoms with van der Waals surface area (Å²) in [5, 5.41) is 3.06. The van der Waals surface area contributed by atoms with Crippen molar-refractivity contribution in [3.05, 3.63) is 53.6 Å². The molecule has 1 N–H and O–H groups in total. The van der Waals surface area contributed by atoms with E-state index >= 15 is 0 Å². The number of benzene rings is 2. The highest BCUT2D eigenvalue weighted by atomic mass is 16.6.